The number of carboxylic acids is 1. The molecular formula is C30H31NO6. The highest BCUT2D eigenvalue weighted by molar-refractivity contribution is 6.23. The SMILES string of the molecule is O=C(OCCC12CC3CC(CC(C3)C1)C2)c1ccc2c(c1)C(=O)N(C(Cc1ccccc1)C(=O)O)C2=O. The van der Waals surface area contributed by atoms with E-state index in [1.807, 2.05) is 6.07 Å². The number of carbonyl (C=O) groups excluding carboxylic acids is 3. The molecule has 1 atom stereocenters. The van der Waals surface area contributed by atoms with E-state index >= 15 is 0 Å². The third-order valence-corrected chi connectivity index (χ3v) is 9.05. The Kier molecular flexibility index (Phi) is 5.89. The van der Waals surface area contributed by atoms with Crippen LogP contribution in [0, 0.1) is 23.2 Å². The third kappa shape index (κ3) is 4.34. The van der Waals surface area contributed by atoms with E-state index in [2.05, 4.69) is 0 Å². The van der Waals surface area contributed by atoms with Crippen LogP contribution in [0.4, 0.5) is 0 Å². The summed E-state index contributed by atoms with van der Waals surface area (Å²) in [5.74, 6) is -0.644. The Morgan fingerprint density at radius 3 is 2.16 bits per heavy atom. The van der Waals surface area contributed by atoms with Crippen molar-refractivity contribution in [3.8, 4) is 0 Å². The monoisotopic (exact) mass is 501 g/mol. The highest BCUT2D eigenvalue weighted by atomic mass is 16.5. The second-order valence-corrected chi connectivity index (χ2v) is 11.6. The molecule has 2 amide bonds. The zero-order chi connectivity index (χ0) is 25.7. The van der Waals surface area contributed by atoms with Gasteiger partial charge in [-0.15, -0.1) is 0 Å². The molecule has 0 aromatic heterocycles. The fourth-order valence-corrected chi connectivity index (χ4v) is 7.84. The summed E-state index contributed by atoms with van der Waals surface area (Å²) in [6, 6.07) is 11.8. The van der Waals surface area contributed by atoms with E-state index in [9.17, 15) is 24.3 Å². The van der Waals surface area contributed by atoms with Crippen molar-refractivity contribution in [3.63, 3.8) is 0 Å². The van der Waals surface area contributed by atoms with Crippen molar-refractivity contribution in [2.45, 2.75) is 57.4 Å². The average molecular weight is 502 g/mol. The Morgan fingerprint density at radius 2 is 1.54 bits per heavy atom. The van der Waals surface area contributed by atoms with Crippen molar-refractivity contribution in [3.05, 3.63) is 70.8 Å². The first-order valence-corrected chi connectivity index (χ1v) is 13.3. The maximum atomic E-state index is 13.2. The molecule has 0 radical (unpaired) electrons. The number of amides is 2. The van der Waals surface area contributed by atoms with E-state index in [0.717, 1.165) is 29.1 Å². The van der Waals surface area contributed by atoms with Gasteiger partial charge in [-0.25, -0.2) is 9.59 Å². The van der Waals surface area contributed by atoms with Crippen molar-refractivity contribution in [1.29, 1.82) is 0 Å². The minimum atomic E-state index is -1.34. The molecule has 1 aliphatic heterocycles. The van der Waals surface area contributed by atoms with Gasteiger partial charge >= 0.3 is 11.9 Å². The summed E-state index contributed by atoms with van der Waals surface area (Å²) in [5.41, 5.74) is 1.35. The number of esters is 1. The van der Waals surface area contributed by atoms with Gasteiger partial charge in [-0.3, -0.25) is 14.5 Å². The topological polar surface area (TPSA) is 101 Å². The summed E-state index contributed by atoms with van der Waals surface area (Å²) in [7, 11) is 0. The van der Waals surface area contributed by atoms with E-state index in [1.54, 1.807) is 24.3 Å². The van der Waals surface area contributed by atoms with Crippen LogP contribution in [-0.4, -0.2) is 46.4 Å². The van der Waals surface area contributed by atoms with E-state index in [0.29, 0.717) is 17.6 Å². The van der Waals surface area contributed by atoms with Gasteiger partial charge in [0.25, 0.3) is 11.8 Å². The fraction of sp³-hybridized carbons (Fsp3) is 0.467. The summed E-state index contributed by atoms with van der Waals surface area (Å²) in [5, 5.41) is 9.82. The number of hydrogen-bond acceptors (Lipinski definition) is 5. The van der Waals surface area contributed by atoms with Gasteiger partial charge in [0.15, 0.2) is 0 Å². The molecular weight excluding hydrogens is 470 g/mol. The molecule has 1 N–H and O–H groups in total. The van der Waals surface area contributed by atoms with Crippen LogP contribution < -0.4 is 0 Å². The van der Waals surface area contributed by atoms with Crippen molar-refractivity contribution >= 4 is 23.8 Å². The summed E-state index contributed by atoms with van der Waals surface area (Å²) >= 11 is 0. The van der Waals surface area contributed by atoms with Crippen molar-refractivity contribution in [2.75, 3.05) is 6.61 Å². The number of fused-ring (bicyclic) bond motifs is 1. The van der Waals surface area contributed by atoms with Gasteiger partial charge in [0.2, 0.25) is 0 Å². The lowest BCUT2D eigenvalue weighted by Crippen LogP contribution is -2.46. The Bertz CT molecular complexity index is 1230. The second-order valence-electron chi connectivity index (χ2n) is 11.6. The molecule has 7 nitrogen and oxygen atoms in total. The van der Waals surface area contributed by atoms with E-state index in [4.69, 9.17) is 4.74 Å². The molecule has 1 heterocycles. The molecule has 5 aliphatic rings. The number of rotatable bonds is 8. The zero-order valence-electron chi connectivity index (χ0n) is 20.7. The molecule has 4 fully saturated rings. The summed E-state index contributed by atoms with van der Waals surface area (Å²) in [6.07, 6.45) is 8.71. The number of carbonyl (C=O) groups is 4. The molecule has 7 rings (SSSR count). The van der Waals surface area contributed by atoms with Crippen molar-refractivity contribution in [1.82, 2.24) is 4.90 Å². The Balaban J connectivity index is 1.13. The highest BCUT2D eigenvalue weighted by Gasteiger charge is 2.50. The van der Waals surface area contributed by atoms with Crippen molar-refractivity contribution < 1.29 is 29.0 Å². The second kappa shape index (κ2) is 9.12. The number of benzene rings is 2. The molecule has 4 bridgehead atoms. The van der Waals surface area contributed by atoms with Gasteiger partial charge < -0.3 is 9.84 Å². The lowest BCUT2D eigenvalue weighted by Gasteiger charge is -2.57. The molecule has 37 heavy (non-hydrogen) atoms. The summed E-state index contributed by atoms with van der Waals surface area (Å²) in [6.45, 7) is 0.346. The van der Waals surface area contributed by atoms with Crippen LogP contribution in [-0.2, 0) is 16.0 Å². The Labute approximate surface area is 215 Å². The van der Waals surface area contributed by atoms with E-state index < -0.39 is 29.8 Å². The largest absolute Gasteiger partial charge is 0.480 e. The van der Waals surface area contributed by atoms with Gasteiger partial charge in [-0.2, -0.15) is 0 Å². The van der Waals surface area contributed by atoms with Crippen LogP contribution in [0.1, 0.15) is 81.6 Å². The van der Waals surface area contributed by atoms with Gasteiger partial charge in [0.05, 0.1) is 23.3 Å². The molecule has 192 valence electrons. The third-order valence-electron chi connectivity index (χ3n) is 9.05. The fourth-order valence-electron chi connectivity index (χ4n) is 7.84. The first-order valence-electron chi connectivity index (χ1n) is 13.3. The lowest BCUT2D eigenvalue weighted by molar-refractivity contribution is -0.141. The van der Waals surface area contributed by atoms with Gasteiger partial charge in [-0.05, 0) is 91.9 Å². The maximum Gasteiger partial charge on any atom is 0.338 e. The van der Waals surface area contributed by atoms with Gasteiger partial charge in [-0.1, -0.05) is 30.3 Å². The van der Waals surface area contributed by atoms with Crippen LogP contribution in [0.3, 0.4) is 0 Å². The molecule has 2 aromatic carbocycles. The molecule has 0 saturated heterocycles. The predicted molar refractivity (Wildman–Crippen MR) is 134 cm³/mol. The quantitative estimate of drug-likeness (QED) is 0.414. The van der Waals surface area contributed by atoms with Crippen LogP contribution in [0.15, 0.2) is 48.5 Å². The molecule has 2 aromatic rings. The lowest BCUT2D eigenvalue weighted by atomic mass is 9.49. The predicted octanol–water partition coefficient (Wildman–Crippen LogP) is 4.74. The Hall–Kier alpha value is -3.48. The van der Waals surface area contributed by atoms with Gasteiger partial charge in [0.1, 0.15) is 6.04 Å². The normalized spacial score (nSPS) is 28.3. The van der Waals surface area contributed by atoms with Crippen LogP contribution >= 0.6 is 0 Å². The number of aliphatic carboxylic acids is 1. The first kappa shape index (κ1) is 23.9. The number of nitrogens with zero attached hydrogens (tertiary/aromatic N) is 1. The number of ether oxygens (including phenoxy) is 1. The standard InChI is InChI=1S/C30H31NO6/c32-26-23-7-6-22(29(36)37-9-8-30-15-19-10-20(16-30)12-21(11-19)17-30)14-24(23)27(33)31(26)25(28(34)35)13-18-4-2-1-3-5-18/h1-7,14,19-21,25H,8-13,15-17H2,(H,34,35). The maximum absolute atomic E-state index is 13.2. The summed E-state index contributed by atoms with van der Waals surface area (Å²) < 4.78 is 5.64. The van der Waals surface area contributed by atoms with E-state index in [1.165, 1.54) is 56.7 Å². The molecule has 0 spiro atoms. The Morgan fingerprint density at radius 1 is 0.919 bits per heavy atom. The minimum absolute atomic E-state index is 0.000855. The number of carboxylic acid groups (broad SMARTS) is 1. The number of hydrogen-bond donors (Lipinski definition) is 1. The summed E-state index contributed by atoms with van der Waals surface area (Å²) in [4.78, 5) is 51.9. The first-order chi connectivity index (χ1) is 17.8. The molecule has 4 saturated carbocycles. The number of imide groups is 1. The zero-order valence-corrected chi connectivity index (χ0v) is 20.7. The van der Waals surface area contributed by atoms with Crippen LogP contribution in [0.5, 0.6) is 0 Å². The highest BCUT2D eigenvalue weighted by Crippen LogP contribution is 2.61. The van der Waals surface area contributed by atoms with E-state index in [-0.39, 0.29) is 23.1 Å². The average Bonchev–Trinajstić information content (AvgIpc) is 3.11. The molecule has 4 aliphatic carbocycles. The van der Waals surface area contributed by atoms with Crippen molar-refractivity contribution in [2.24, 2.45) is 23.2 Å². The van der Waals surface area contributed by atoms with Crippen LogP contribution in [0.2, 0.25) is 0 Å². The van der Waals surface area contributed by atoms with Crippen LogP contribution in [0.25, 0.3) is 0 Å². The minimum Gasteiger partial charge on any atom is -0.480 e. The van der Waals surface area contributed by atoms with Gasteiger partial charge in [0, 0.05) is 6.42 Å². The molecule has 1 unspecified atom stereocenters. The smallest absolute Gasteiger partial charge is 0.338 e. The molecule has 7 heteroatoms.